The zero-order valence-electron chi connectivity index (χ0n) is 14.8. The third-order valence-corrected chi connectivity index (χ3v) is 4.37. The first kappa shape index (κ1) is 20.8. The Kier molecular flexibility index (Phi) is 5.61. The predicted octanol–water partition coefficient (Wildman–Crippen LogP) is 5.77. The van der Waals surface area contributed by atoms with Gasteiger partial charge in [-0.05, 0) is 42.8 Å². The van der Waals surface area contributed by atoms with E-state index in [-0.39, 0.29) is 28.4 Å². The lowest BCUT2D eigenvalue weighted by molar-refractivity contribution is -0.141. The molecule has 3 rings (SSSR count). The lowest BCUT2D eigenvalue weighted by Gasteiger charge is -2.13. The van der Waals surface area contributed by atoms with E-state index in [1.807, 2.05) is 0 Å². The average molecular weight is 430 g/mol. The molecule has 0 radical (unpaired) electrons. The number of nitrogens with zero attached hydrogens (tertiary/aromatic N) is 2. The minimum atomic E-state index is -4.84. The molecule has 4 nitrogen and oxygen atoms in total. The number of carbonyl (C=O) groups is 1. The van der Waals surface area contributed by atoms with E-state index in [1.54, 1.807) is 6.92 Å². The predicted molar refractivity (Wildman–Crippen MR) is 97.7 cm³/mol. The lowest BCUT2D eigenvalue weighted by atomic mass is 10.0. The first-order valence-corrected chi connectivity index (χ1v) is 8.69. The summed E-state index contributed by atoms with van der Waals surface area (Å²) in [6, 6.07) is 6.89. The Bertz CT molecular complexity index is 1080. The van der Waals surface area contributed by atoms with Gasteiger partial charge in [-0.2, -0.15) is 18.3 Å². The molecule has 0 bridgehead atoms. The molecule has 1 N–H and O–H groups in total. The SMILES string of the molecule is CCn1cc(C(=O)Nc2ccc(F)cc2-c2ccc(Cl)c(F)c2)c(C(F)(F)F)n1. The maximum atomic E-state index is 13.8. The Labute approximate surface area is 166 Å². The molecular weight excluding hydrogens is 417 g/mol. The van der Waals surface area contributed by atoms with E-state index in [4.69, 9.17) is 11.6 Å². The molecule has 152 valence electrons. The Hall–Kier alpha value is -2.94. The molecule has 0 atom stereocenters. The second-order valence-corrected chi connectivity index (χ2v) is 6.42. The minimum absolute atomic E-state index is 0.00417. The second kappa shape index (κ2) is 7.82. The molecule has 0 saturated carbocycles. The zero-order chi connectivity index (χ0) is 21.3. The van der Waals surface area contributed by atoms with E-state index in [0.29, 0.717) is 0 Å². The van der Waals surface area contributed by atoms with Crippen LogP contribution in [0.2, 0.25) is 5.02 Å². The van der Waals surface area contributed by atoms with Gasteiger partial charge in [-0.1, -0.05) is 17.7 Å². The largest absolute Gasteiger partial charge is 0.435 e. The van der Waals surface area contributed by atoms with Crippen LogP contribution in [0.1, 0.15) is 23.0 Å². The Balaban J connectivity index is 2.02. The zero-order valence-corrected chi connectivity index (χ0v) is 15.6. The third-order valence-electron chi connectivity index (χ3n) is 4.06. The molecule has 1 amide bonds. The molecule has 0 unspecified atom stereocenters. The standard InChI is InChI=1S/C19H13ClF5N3O/c1-2-28-9-13(17(27-28)19(23,24)25)18(29)26-16-6-4-11(21)8-12(16)10-3-5-14(20)15(22)7-10/h3-9H,2H2,1H3,(H,26,29). The van der Waals surface area contributed by atoms with E-state index in [9.17, 15) is 26.7 Å². The van der Waals surface area contributed by atoms with Gasteiger partial charge in [0.2, 0.25) is 0 Å². The smallest absolute Gasteiger partial charge is 0.321 e. The van der Waals surface area contributed by atoms with Gasteiger partial charge in [0, 0.05) is 24.0 Å². The number of hydrogen-bond donors (Lipinski definition) is 1. The number of benzene rings is 2. The highest BCUT2D eigenvalue weighted by Gasteiger charge is 2.39. The highest BCUT2D eigenvalue weighted by Crippen LogP contribution is 2.34. The van der Waals surface area contributed by atoms with Crippen LogP contribution < -0.4 is 5.32 Å². The molecule has 29 heavy (non-hydrogen) atoms. The molecule has 0 saturated heterocycles. The number of aryl methyl sites for hydroxylation is 1. The summed E-state index contributed by atoms with van der Waals surface area (Å²) in [6.07, 6.45) is -3.86. The van der Waals surface area contributed by atoms with Crippen molar-refractivity contribution in [3.05, 3.63) is 70.5 Å². The van der Waals surface area contributed by atoms with Crippen molar-refractivity contribution in [3.8, 4) is 11.1 Å². The number of carbonyl (C=O) groups excluding carboxylic acids is 1. The highest BCUT2D eigenvalue weighted by atomic mass is 35.5. The fourth-order valence-electron chi connectivity index (χ4n) is 2.68. The van der Waals surface area contributed by atoms with Crippen molar-refractivity contribution in [1.82, 2.24) is 9.78 Å². The molecule has 0 aliphatic carbocycles. The maximum absolute atomic E-state index is 13.8. The molecule has 10 heteroatoms. The molecule has 0 aliphatic heterocycles. The summed E-state index contributed by atoms with van der Waals surface area (Å²) in [5.74, 6) is -2.53. The monoisotopic (exact) mass is 429 g/mol. The van der Waals surface area contributed by atoms with Crippen LogP contribution >= 0.6 is 11.6 Å². The van der Waals surface area contributed by atoms with Crippen molar-refractivity contribution in [2.75, 3.05) is 5.32 Å². The molecule has 2 aromatic carbocycles. The van der Waals surface area contributed by atoms with Crippen molar-refractivity contribution < 1.29 is 26.7 Å². The van der Waals surface area contributed by atoms with Gasteiger partial charge in [0.1, 0.15) is 11.6 Å². The van der Waals surface area contributed by atoms with Gasteiger partial charge in [0.05, 0.1) is 10.6 Å². The van der Waals surface area contributed by atoms with Gasteiger partial charge in [-0.25, -0.2) is 8.78 Å². The first-order valence-electron chi connectivity index (χ1n) is 8.31. The van der Waals surface area contributed by atoms with Crippen molar-refractivity contribution in [3.63, 3.8) is 0 Å². The Morgan fingerprint density at radius 3 is 2.52 bits per heavy atom. The number of halogens is 6. The summed E-state index contributed by atoms with van der Waals surface area (Å²) < 4.78 is 68.2. The molecule has 1 heterocycles. The van der Waals surface area contributed by atoms with Crippen LogP contribution in [0.5, 0.6) is 0 Å². The van der Waals surface area contributed by atoms with Crippen LogP contribution in [0.25, 0.3) is 11.1 Å². The van der Waals surface area contributed by atoms with E-state index < -0.39 is 35.0 Å². The summed E-state index contributed by atoms with van der Waals surface area (Å²) in [7, 11) is 0. The van der Waals surface area contributed by atoms with Crippen molar-refractivity contribution in [2.24, 2.45) is 0 Å². The normalized spacial score (nSPS) is 11.6. The Morgan fingerprint density at radius 2 is 1.90 bits per heavy atom. The minimum Gasteiger partial charge on any atom is -0.321 e. The lowest BCUT2D eigenvalue weighted by Crippen LogP contribution is -2.18. The van der Waals surface area contributed by atoms with Crippen LogP contribution in [-0.4, -0.2) is 15.7 Å². The van der Waals surface area contributed by atoms with E-state index in [2.05, 4.69) is 10.4 Å². The van der Waals surface area contributed by atoms with Gasteiger partial charge in [-0.3, -0.25) is 9.48 Å². The topological polar surface area (TPSA) is 46.9 Å². The third kappa shape index (κ3) is 4.40. The van der Waals surface area contributed by atoms with Gasteiger partial charge >= 0.3 is 6.18 Å². The molecule has 3 aromatic rings. The quantitative estimate of drug-likeness (QED) is 0.535. The average Bonchev–Trinajstić information content (AvgIpc) is 3.10. The van der Waals surface area contributed by atoms with Crippen LogP contribution in [-0.2, 0) is 12.7 Å². The summed E-state index contributed by atoms with van der Waals surface area (Å²) in [5.41, 5.74) is -1.77. The molecule has 0 aliphatic rings. The van der Waals surface area contributed by atoms with E-state index in [0.717, 1.165) is 29.1 Å². The van der Waals surface area contributed by atoms with Crippen LogP contribution in [0.3, 0.4) is 0 Å². The van der Waals surface area contributed by atoms with Crippen molar-refractivity contribution >= 4 is 23.2 Å². The molecule has 0 fully saturated rings. The summed E-state index contributed by atoms with van der Waals surface area (Å²) in [6.45, 7) is 1.70. The van der Waals surface area contributed by atoms with Crippen LogP contribution in [0, 0.1) is 11.6 Å². The second-order valence-electron chi connectivity index (χ2n) is 6.02. The van der Waals surface area contributed by atoms with E-state index in [1.165, 1.54) is 18.2 Å². The van der Waals surface area contributed by atoms with Crippen LogP contribution in [0.4, 0.5) is 27.6 Å². The number of amides is 1. The molecule has 0 spiro atoms. The number of anilines is 1. The first-order chi connectivity index (χ1) is 13.6. The fourth-order valence-corrected chi connectivity index (χ4v) is 2.79. The van der Waals surface area contributed by atoms with Crippen molar-refractivity contribution in [1.29, 1.82) is 0 Å². The van der Waals surface area contributed by atoms with Crippen molar-refractivity contribution in [2.45, 2.75) is 19.6 Å². The number of nitrogens with one attached hydrogen (secondary N) is 1. The summed E-state index contributed by atoms with van der Waals surface area (Å²) >= 11 is 5.65. The van der Waals surface area contributed by atoms with E-state index >= 15 is 0 Å². The van der Waals surface area contributed by atoms with Gasteiger partial charge in [0.25, 0.3) is 5.91 Å². The number of rotatable bonds is 4. The maximum Gasteiger partial charge on any atom is 0.435 e. The molecular formula is C19H13ClF5N3O. The van der Waals surface area contributed by atoms with Gasteiger partial charge in [0.15, 0.2) is 5.69 Å². The summed E-state index contributed by atoms with van der Waals surface area (Å²) in [4.78, 5) is 12.5. The Morgan fingerprint density at radius 1 is 1.17 bits per heavy atom. The van der Waals surface area contributed by atoms with Gasteiger partial charge in [-0.15, -0.1) is 0 Å². The number of alkyl halides is 3. The summed E-state index contributed by atoms with van der Waals surface area (Å²) in [5, 5.41) is 5.55. The fraction of sp³-hybridized carbons (Fsp3) is 0.158. The molecule has 1 aromatic heterocycles. The highest BCUT2D eigenvalue weighted by molar-refractivity contribution is 6.30. The number of hydrogen-bond acceptors (Lipinski definition) is 2. The number of aromatic nitrogens is 2. The van der Waals surface area contributed by atoms with Crippen LogP contribution in [0.15, 0.2) is 42.6 Å². The van der Waals surface area contributed by atoms with Gasteiger partial charge < -0.3 is 5.32 Å².